The first-order valence-electron chi connectivity index (χ1n) is 4.58. The number of imide groups is 1. The van der Waals surface area contributed by atoms with Gasteiger partial charge in [0, 0.05) is 0 Å². The summed E-state index contributed by atoms with van der Waals surface area (Å²) >= 11 is 3.01. The number of carbonyl (C=O) groups excluding carboxylic acids is 1. The Balaban J connectivity index is 3.00. The quantitative estimate of drug-likeness (QED) is 0.857. The number of anilines is 1. The van der Waals surface area contributed by atoms with E-state index in [1.165, 1.54) is 0 Å². The number of halogens is 1. The fourth-order valence-corrected chi connectivity index (χ4v) is 1.26. The maximum Gasteiger partial charge on any atom is 0.425 e. The predicted molar refractivity (Wildman–Crippen MR) is 60.9 cm³/mol. The van der Waals surface area contributed by atoms with Crippen LogP contribution >= 0.6 is 15.9 Å². The number of aromatic nitrogens is 1. The highest BCUT2D eigenvalue weighted by molar-refractivity contribution is 9.10. The van der Waals surface area contributed by atoms with Crippen molar-refractivity contribution in [3.8, 4) is 0 Å². The Labute approximate surface area is 105 Å². The molecule has 0 saturated heterocycles. The van der Waals surface area contributed by atoms with Crippen molar-refractivity contribution in [3.05, 3.63) is 10.7 Å². The van der Waals surface area contributed by atoms with Gasteiger partial charge in [-0.3, -0.25) is 0 Å². The number of ether oxygens (including phenoxy) is 1. The fraction of sp³-hybridized carbons (Fsp3) is 0.444. The molecule has 1 rings (SSSR count). The molecule has 0 spiro atoms. The summed E-state index contributed by atoms with van der Waals surface area (Å²) in [6, 6.07) is 0. The Hall–Kier alpha value is -1.57. The number of carbonyl (C=O) groups is 2. The van der Waals surface area contributed by atoms with Gasteiger partial charge in [-0.2, -0.15) is 4.90 Å². The molecule has 0 aliphatic rings. The van der Waals surface area contributed by atoms with Crippen molar-refractivity contribution < 1.29 is 24.0 Å². The van der Waals surface area contributed by atoms with Crippen molar-refractivity contribution in [1.29, 1.82) is 0 Å². The first-order valence-corrected chi connectivity index (χ1v) is 5.37. The van der Waals surface area contributed by atoms with Gasteiger partial charge in [-0.15, -0.1) is 0 Å². The van der Waals surface area contributed by atoms with Crippen LogP contribution in [0.25, 0.3) is 0 Å². The van der Waals surface area contributed by atoms with Crippen LogP contribution in [0.3, 0.4) is 0 Å². The molecule has 2 amide bonds. The average Bonchev–Trinajstić information content (AvgIpc) is 2.48. The maximum atomic E-state index is 11.7. The largest absolute Gasteiger partial charge is 0.464 e. The molecule has 1 aromatic rings. The molecule has 0 aliphatic carbocycles. The molecule has 1 heterocycles. The zero-order chi connectivity index (χ0) is 13.2. The van der Waals surface area contributed by atoms with E-state index in [1.807, 2.05) is 0 Å². The van der Waals surface area contributed by atoms with E-state index < -0.39 is 17.8 Å². The minimum atomic E-state index is -1.51. The lowest BCUT2D eigenvalue weighted by molar-refractivity contribution is 0.0579. The van der Waals surface area contributed by atoms with Gasteiger partial charge in [0.2, 0.25) is 5.82 Å². The summed E-state index contributed by atoms with van der Waals surface area (Å²) in [7, 11) is 0. The van der Waals surface area contributed by atoms with Gasteiger partial charge in [0.15, 0.2) is 0 Å². The lowest BCUT2D eigenvalue weighted by atomic mass is 10.2. The van der Waals surface area contributed by atoms with Gasteiger partial charge in [0.25, 0.3) is 0 Å². The van der Waals surface area contributed by atoms with Crippen LogP contribution < -0.4 is 4.90 Å². The molecule has 1 N–H and O–H groups in total. The van der Waals surface area contributed by atoms with Crippen LogP contribution in [0.2, 0.25) is 0 Å². The highest BCUT2D eigenvalue weighted by atomic mass is 79.9. The molecule has 0 fully saturated rings. The van der Waals surface area contributed by atoms with E-state index in [0.717, 1.165) is 6.26 Å². The van der Waals surface area contributed by atoms with Gasteiger partial charge in [0.1, 0.15) is 16.3 Å². The number of hydrogen-bond acceptors (Lipinski definition) is 5. The molecule has 0 aromatic carbocycles. The van der Waals surface area contributed by atoms with Crippen molar-refractivity contribution in [2.24, 2.45) is 0 Å². The summed E-state index contributed by atoms with van der Waals surface area (Å²) in [5.41, 5.74) is -0.805. The van der Waals surface area contributed by atoms with E-state index >= 15 is 0 Å². The van der Waals surface area contributed by atoms with Gasteiger partial charge in [-0.05, 0) is 36.7 Å². The van der Waals surface area contributed by atoms with Gasteiger partial charge in [0.05, 0.1) is 0 Å². The third-order valence-corrected chi connectivity index (χ3v) is 2.03. The zero-order valence-corrected chi connectivity index (χ0v) is 11.0. The van der Waals surface area contributed by atoms with Crippen LogP contribution in [-0.4, -0.2) is 28.1 Å². The second-order valence-electron chi connectivity index (χ2n) is 4.08. The molecule has 0 atom stereocenters. The smallest absolute Gasteiger partial charge is 0.425 e. The lowest BCUT2D eigenvalue weighted by Crippen LogP contribution is -2.40. The molecular formula is C9H11BrN2O5. The Kier molecular flexibility index (Phi) is 3.76. The topological polar surface area (TPSA) is 92.9 Å². The van der Waals surface area contributed by atoms with E-state index in [4.69, 9.17) is 9.84 Å². The molecule has 0 unspecified atom stereocenters. The first-order chi connectivity index (χ1) is 7.72. The number of hydrogen-bond donors (Lipinski definition) is 1. The third-order valence-electron chi connectivity index (χ3n) is 1.49. The molecule has 8 heteroatoms. The van der Waals surface area contributed by atoms with Crippen molar-refractivity contribution in [3.63, 3.8) is 0 Å². The lowest BCUT2D eigenvalue weighted by Gasteiger charge is -2.23. The molecule has 7 nitrogen and oxygen atoms in total. The first kappa shape index (κ1) is 13.5. The molecule has 0 saturated carbocycles. The summed E-state index contributed by atoms with van der Waals surface area (Å²) in [5.74, 6) is -0.174. The Bertz CT molecular complexity index is 437. The number of nitrogens with zero attached hydrogens (tertiary/aromatic N) is 2. The van der Waals surface area contributed by atoms with Crippen LogP contribution in [0.5, 0.6) is 0 Å². The van der Waals surface area contributed by atoms with Crippen LogP contribution in [0, 0.1) is 0 Å². The van der Waals surface area contributed by atoms with Crippen molar-refractivity contribution in [1.82, 2.24) is 5.16 Å². The third kappa shape index (κ3) is 3.45. The van der Waals surface area contributed by atoms with Crippen molar-refractivity contribution >= 4 is 33.9 Å². The van der Waals surface area contributed by atoms with E-state index in [1.54, 1.807) is 20.8 Å². The Morgan fingerprint density at radius 2 is 2.12 bits per heavy atom. The second-order valence-corrected chi connectivity index (χ2v) is 4.94. The maximum absolute atomic E-state index is 11.7. The van der Waals surface area contributed by atoms with E-state index in [-0.39, 0.29) is 10.3 Å². The van der Waals surface area contributed by atoms with Crippen molar-refractivity contribution in [2.75, 3.05) is 4.90 Å². The fourth-order valence-electron chi connectivity index (χ4n) is 0.929. The normalized spacial score (nSPS) is 11.1. The van der Waals surface area contributed by atoms with E-state index in [9.17, 15) is 9.59 Å². The van der Waals surface area contributed by atoms with Crippen molar-refractivity contribution in [2.45, 2.75) is 26.4 Å². The minimum absolute atomic E-state index is 0.174. The van der Waals surface area contributed by atoms with Crippen LogP contribution in [0.15, 0.2) is 15.3 Å². The average molecular weight is 307 g/mol. The summed E-state index contributed by atoms with van der Waals surface area (Å²) in [6.45, 7) is 4.88. The number of amides is 2. The van der Waals surface area contributed by atoms with Gasteiger partial charge in [-0.25, -0.2) is 9.59 Å². The molecule has 1 aromatic heterocycles. The minimum Gasteiger partial charge on any atom is -0.464 e. The summed E-state index contributed by atoms with van der Waals surface area (Å²) in [4.78, 5) is 23.0. The molecule has 0 bridgehead atoms. The Morgan fingerprint density at radius 3 is 2.47 bits per heavy atom. The second kappa shape index (κ2) is 4.74. The molecular weight excluding hydrogens is 296 g/mol. The number of rotatable bonds is 1. The highest BCUT2D eigenvalue weighted by Crippen LogP contribution is 2.25. The Morgan fingerprint density at radius 1 is 1.53 bits per heavy atom. The highest BCUT2D eigenvalue weighted by Gasteiger charge is 2.32. The van der Waals surface area contributed by atoms with Gasteiger partial charge in [-0.1, -0.05) is 5.16 Å². The predicted octanol–water partition coefficient (Wildman–Crippen LogP) is 2.86. The van der Waals surface area contributed by atoms with Gasteiger partial charge < -0.3 is 14.4 Å². The van der Waals surface area contributed by atoms with E-state index in [0.29, 0.717) is 4.90 Å². The van der Waals surface area contributed by atoms with Crippen LogP contribution in [0.1, 0.15) is 20.8 Å². The van der Waals surface area contributed by atoms with Crippen LogP contribution in [0.4, 0.5) is 15.4 Å². The van der Waals surface area contributed by atoms with Crippen LogP contribution in [-0.2, 0) is 4.74 Å². The zero-order valence-electron chi connectivity index (χ0n) is 9.43. The van der Waals surface area contributed by atoms with Gasteiger partial charge >= 0.3 is 12.2 Å². The summed E-state index contributed by atoms with van der Waals surface area (Å²) in [6.07, 6.45) is -1.39. The molecule has 0 radical (unpaired) electrons. The molecule has 0 aliphatic heterocycles. The summed E-state index contributed by atoms with van der Waals surface area (Å²) in [5, 5.41) is 12.4. The monoisotopic (exact) mass is 306 g/mol. The summed E-state index contributed by atoms with van der Waals surface area (Å²) < 4.78 is 9.73. The molecule has 17 heavy (non-hydrogen) atoms. The SMILES string of the molecule is CC(C)(C)OC(=O)N(C(=O)O)c1nocc1Br. The molecule has 94 valence electrons. The van der Waals surface area contributed by atoms with E-state index in [2.05, 4.69) is 25.6 Å². The number of carboxylic acid groups (broad SMARTS) is 1. The standard InChI is InChI=1S/C9H11BrN2O5/c1-9(2,3)17-8(15)12(7(13)14)6-5(10)4-16-11-6/h4H,1-3H3,(H,13,14).